The lowest BCUT2D eigenvalue weighted by molar-refractivity contribution is 0.227. The second kappa shape index (κ2) is 5.23. The molecule has 0 spiro atoms. The fourth-order valence-electron chi connectivity index (χ4n) is 1.90. The van der Waals surface area contributed by atoms with Gasteiger partial charge in [-0.05, 0) is 41.3 Å². The van der Waals surface area contributed by atoms with Crippen molar-refractivity contribution >= 4 is 22.5 Å². The van der Waals surface area contributed by atoms with Gasteiger partial charge in [0.15, 0.2) is 0 Å². The maximum atomic E-state index is 11.0. The fourth-order valence-corrected chi connectivity index (χ4v) is 2.05. The summed E-state index contributed by atoms with van der Waals surface area (Å²) in [5.41, 5.74) is 2.43. The first kappa shape index (κ1) is 12.0. The van der Waals surface area contributed by atoms with E-state index in [0.29, 0.717) is 13.1 Å². The van der Waals surface area contributed by atoms with Crippen molar-refractivity contribution < 1.29 is 9.53 Å². The van der Waals surface area contributed by atoms with Crippen LogP contribution in [0.3, 0.4) is 0 Å². The summed E-state index contributed by atoms with van der Waals surface area (Å²) in [5.74, 6) is 0.850. The highest BCUT2D eigenvalue weighted by atomic mass is 35.5. The van der Waals surface area contributed by atoms with E-state index in [9.17, 15) is 4.79 Å². The topological polar surface area (TPSA) is 29.5 Å². The van der Waals surface area contributed by atoms with Crippen molar-refractivity contribution in [2.45, 2.75) is 6.42 Å². The SMILES string of the molecule is COc1ccc(C2=CCN(C(=O)Cl)CC2)cc1. The highest BCUT2D eigenvalue weighted by Crippen LogP contribution is 2.24. The minimum Gasteiger partial charge on any atom is -0.497 e. The van der Waals surface area contributed by atoms with Crippen molar-refractivity contribution in [2.75, 3.05) is 20.2 Å². The summed E-state index contributed by atoms with van der Waals surface area (Å²) in [5, 5.41) is -0.380. The van der Waals surface area contributed by atoms with Gasteiger partial charge in [-0.1, -0.05) is 18.2 Å². The third-order valence-electron chi connectivity index (χ3n) is 2.92. The van der Waals surface area contributed by atoms with Crippen LogP contribution in [0.4, 0.5) is 4.79 Å². The van der Waals surface area contributed by atoms with Crippen molar-refractivity contribution in [3.05, 3.63) is 35.9 Å². The lowest BCUT2D eigenvalue weighted by Crippen LogP contribution is -2.30. The number of benzene rings is 1. The molecule has 0 bridgehead atoms. The van der Waals surface area contributed by atoms with Crippen LogP contribution in [0.2, 0.25) is 0 Å². The van der Waals surface area contributed by atoms with Crippen LogP contribution in [0.5, 0.6) is 5.75 Å². The molecule has 0 radical (unpaired) electrons. The molecule has 0 unspecified atom stereocenters. The second-order valence-electron chi connectivity index (χ2n) is 3.91. The third-order valence-corrected chi connectivity index (χ3v) is 3.16. The van der Waals surface area contributed by atoms with Gasteiger partial charge in [-0.15, -0.1) is 0 Å². The first-order valence-corrected chi connectivity index (χ1v) is 5.86. The molecule has 1 aromatic carbocycles. The Labute approximate surface area is 106 Å². The molecule has 17 heavy (non-hydrogen) atoms. The number of carbonyl (C=O) groups is 1. The standard InChI is InChI=1S/C13H14ClNO2/c1-17-12-4-2-10(3-5-12)11-6-8-15(9-7-11)13(14)16/h2-6H,7-9H2,1H3. The Balaban J connectivity index is 2.10. The van der Waals surface area contributed by atoms with E-state index in [2.05, 4.69) is 0 Å². The van der Waals surface area contributed by atoms with E-state index in [1.165, 1.54) is 11.1 Å². The van der Waals surface area contributed by atoms with Crippen LogP contribution in [0.25, 0.3) is 5.57 Å². The van der Waals surface area contributed by atoms with Crippen LogP contribution in [0.1, 0.15) is 12.0 Å². The van der Waals surface area contributed by atoms with E-state index in [-0.39, 0.29) is 5.37 Å². The highest BCUT2D eigenvalue weighted by Gasteiger charge is 2.15. The van der Waals surface area contributed by atoms with Crippen LogP contribution < -0.4 is 4.74 Å². The maximum Gasteiger partial charge on any atom is 0.316 e. The Morgan fingerprint density at radius 3 is 2.53 bits per heavy atom. The van der Waals surface area contributed by atoms with Gasteiger partial charge in [0, 0.05) is 13.1 Å². The Kier molecular flexibility index (Phi) is 3.69. The zero-order valence-electron chi connectivity index (χ0n) is 9.65. The molecule has 0 atom stereocenters. The Hall–Kier alpha value is -1.48. The first-order valence-electron chi connectivity index (χ1n) is 5.48. The number of nitrogens with zero attached hydrogens (tertiary/aromatic N) is 1. The summed E-state index contributed by atoms with van der Waals surface area (Å²) in [6.45, 7) is 1.27. The van der Waals surface area contributed by atoms with Crippen molar-refractivity contribution in [2.24, 2.45) is 0 Å². The molecule has 0 saturated heterocycles. The van der Waals surface area contributed by atoms with Gasteiger partial charge in [-0.3, -0.25) is 4.79 Å². The van der Waals surface area contributed by atoms with Crippen LogP contribution in [0.15, 0.2) is 30.3 Å². The van der Waals surface area contributed by atoms with Gasteiger partial charge in [0.1, 0.15) is 5.75 Å². The Morgan fingerprint density at radius 1 is 1.35 bits per heavy atom. The molecule has 0 aromatic heterocycles. The molecule has 1 aliphatic heterocycles. The smallest absolute Gasteiger partial charge is 0.316 e. The minimum atomic E-state index is -0.380. The van der Waals surface area contributed by atoms with E-state index in [1.54, 1.807) is 12.0 Å². The lowest BCUT2D eigenvalue weighted by atomic mass is 10.00. The summed E-state index contributed by atoms with van der Waals surface area (Å²) >= 11 is 5.43. The number of hydrogen-bond donors (Lipinski definition) is 0. The van der Waals surface area contributed by atoms with Crippen molar-refractivity contribution in [1.82, 2.24) is 4.90 Å². The molecule has 1 amide bonds. The van der Waals surface area contributed by atoms with Gasteiger partial charge in [0.25, 0.3) is 0 Å². The summed E-state index contributed by atoms with van der Waals surface area (Å²) in [7, 11) is 1.65. The molecule has 1 aliphatic rings. The summed E-state index contributed by atoms with van der Waals surface area (Å²) in [4.78, 5) is 12.6. The number of ether oxygens (including phenoxy) is 1. The van der Waals surface area contributed by atoms with Gasteiger partial charge in [-0.25, -0.2) is 0 Å². The third kappa shape index (κ3) is 2.80. The van der Waals surface area contributed by atoms with Crippen molar-refractivity contribution in [1.29, 1.82) is 0 Å². The Bertz CT molecular complexity index is 439. The molecule has 0 N–H and O–H groups in total. The molecule has 1 heterocycles. The molecule has 0 saturated carbocycles. The van der Waals surface area contributed by atoms with Crippen molar-refractivity contribution in [3.8, 4) is 5.75 Å². The largest absolute Gasteiger partial charge is 0.497 e. The number of rotatable bonds is 2. The Morgan fingerprint density at radius 2 is 2.06 bits per heavy atom. The summed E-state index contributed by atoms with van der Waals surface area (Å²) < 4.78 is 5.12. The van der Waals surface area contributed by atoms with Gasteiger partial charge >= 0.3 is 5.37 Å². The van der Waals surface area contributed by atoms with Gasteiger partial charge < -0.3 is 9.64 Å². The van der Waals surface area contributed by atoms with E-state index in [1.807, 2.05) is 30.3 Å². The normalized spacial score (nSPS) is 15.4. The van der Waals surface area contributed by atoms with E-state index >= 15 is 0 Å². The zero-order chi connectivity index (χ0) is 12.3. The summed E-state index contributed by atoms with van der Waals surface area (Å²) in [6.07, 6.45) is 2.89. The lowest BCUT2D eigenvalue weighted by Gasteiger charge is -2.24. The van der Waals surface area contributed by atoms with Gasteiger partial charge in [0.2, 0.25) is 0 Å². The van der Waals surface area contributed by atoms with E-state index < -0.39 is 0 Å². The maximum absolute atomic E-state index is 11.0. The minimum absolute atomic E-state index is 0.380. The number of methoxy groups -OCH3 is 1. The number of hydrogen-bond acceptors (Lipinski definition) is 2. The molecular weight excluding hydrogens is 238 g/mol. The average Bonchev–Trinajstić information content (AvgIpc) is 2.39. The quantitative estimate of drug-likeness (QED) is 0.597. The molecule has 90 valence electrons. The van der Waals surface area contributed by atoms with Crippen LogP contribution in [-0.2, 0) is 0 Å². The molecule has 1 aromatic rings. The summed E-state index contributed by atoms with van der Waals surface area (Å²) in [6, 6.07) is 7.94. The first-order chi connectivity index (χ1) is 8.20. The molecular formula is C13H14ClNO2. The fraction of sp³-hybridized carbons (Fsp3) is 0.308. The number of halogens is 1. The van der Waals surface area contributed by atoms with E-state index in [4.69, 9.17) is 16.3 Å². The molecule has 4 heteroatoms. The second-order valence-corrected chi connectivity index (χ2v) is 4.23. The average molecular weight is 252 g/mol. The zero-order valence-corrected chi connectivity index (χ0v) is 10.4. The van der Waals surface area contributed by atoms with Gasteiger partial charge in [-0.2, -0.15) is 0 Å². The molecule has 2 rings (SSSR count). The molecule has 0 fully saturated rings. The monoisotopic (exact) mass is 251 g/mol. The van der Waals surface area contributed by atoms with Crippen LogP contribution in [0, 0.1) is 0 Å². The number of carbonyl (C=O) groups excluding carboxylic acids is 1. The van der Waals surface area contributed by atoms with Crippen LogP contribution in [-0.4, -0.2) is 30.5 Å². The van der Waals surface area contributed by atoms with Crippen LogP contribution >= 0.6 is 11.6 Å². The van der Waals surface area contributed by atoms with Crippen molar-refractivity contribution in [3.63, 3.8) is 0 Å². The highest BCUT2D eigenvalue weighted by molar-refractivity contribution is 6.62. The van der Waals surface area contributed by atoms with Gasteiger partial charge in [0.05, 0.1) is 7.11 Å². The number of amides is 1. The van der Waals surface area contributed by atoms with E-state index in [0.717, 1.165) is 12.2 Å². The predicted molar refractivity (Wildman–Crippen MR) is 68.4 cm³/mol. The molecule has 0 aliphatic carbocycles. The molecule has 3 nitrogen and oxygen atoms in total. The predicted octanol–water partition coefficient (Wildman–Crippen LogP) is 3.14.